The molecule has 0 saturated carbocycles. The number of hydrogen-bond donors (Lipinski definition) is 2. The molecule has 5 nitrogen and oxygen atoms in total. The lowest BCUT2D eigenvalue weighted by atomic mass is 10.1. The highest BCUT2D eigenvalue weighted by atomic mass is 35.5. The smallest absolute Gasteiger partial charge is 0.254 e. The quantitative estimate of drug-likeness (QED) is 0.626. The Morgan fingerprint density at radius 2 is 2.04 bits per heavy atom. The number of hydrogen-bond acceptors (Lipinski definition) is 4. The number of aryl methyl sites for hydroxylation is 3. The predicted octanol–water partition coefficient (Wildman–Crippen LogP) is 3.64. The molecule has 128 valence electrons. The van der Waals surface area contributed by atoms with Crippen LogP contribution in [0.4, 0.5) is 5.69 Å². The first-order chi connectivity index (χ1) is 11.3. The van der Waals surface area contributed by atoms with E-state index in [1.165, 1.54) is 11.8 Å². The van der Waals surface area contributed by atoms with Gasteiger partial charge in [0.1, 0.15) is 0 Å². The molecule has 24 heavy (non-hydrogen) atoms. The van der Waals surface area contributed by atoms with Gasteiger partial charge in [-0.1, -0.05) is 29.4 Å². The lowest BCUT2D eigenvalue weighted by molar-refractivity contribution is -0.116. The minimum atomic E-state index is -0.191. The topological polar surface area (TPSA) is 74.8 Å². The highest BCUT2D eigenvalue weighted by Crippen LogP contribution is 2.27. The highest BCUT2D eigenvalue weighted by Gasteiger charge is 2.13. The molecule has 0 bridgehead atoms. The van der Waals surface area contributed by atoms with Crippen LogP contribution in [0.2, 0.25) is 5.02 Å². The maximum atomic E-state index is 12.2. The first kappa shape index (κ1) is 18.5. The Kier molecular flexibility index (Phi) is 6.07. The van der Waals surface area contributed by atoms with Crippen LogP contribution in [0.1, 0.15) is 28.8 Å². The first-order valence-corrected chi connectivity index (χ1v) is 9.12. The van der Waals surface area contributed by atoms with Gasteiger partial charge >= 0.3 is 0 Å². The summed E-state index contributed by atoms with van der Waals surface area (Å²) in [5, 5.41) is 3.92. The van der Waals surface area contributed by atoms with Crippen molar-refractivity contribution in [2.45, 2.75) is 38.8 Å². The third kappa shape index (κ3) is 4.39. The number of aromatic nitrogens is 2. The van der Waals surface area contributed by atoms with E-state index < -0.39 is 0 Å². The number of carbonyl (C=O) groups is 1. The Labute approximate surface area is 150 Å². The molecular weight excluding hydrogens is 346 g/mol. The number of amides is 1. The monoisotopic (exact) mass is 365 g/mol. The van der Waals surface area contributed by atoms with Crippen molar-refractivity contribution in [3.63, 3.8) is 0 Å². The zero-order valence-corrected chi connectivity index (χ0v) is 15.7. The molecule has 2 rings (SSSR count). The molecule has 0 aliphatic carbocycles. The van der Waals surface area contributed by atoms with E-state index in [0.717, 1.165) is 11.1 Å². The van der Waals surface area contributed by atoms with Crippen molar-refractivity contribution in [3.8, 4) is 0 Å². The number of anilines is 1. The number of benzene rings is 1. The minimum absolute atomic E-state index is 0.184. The Bertz CT molecular complexity index is 810. The van der Waals surface area contributed by atoms with Crippen LogP contribution in [-0.4, -0.2) is 22.1 Å². The minimum Gasteiger partial charge on any atom is -0.325 e. The van der Waals surface area contributed by atoms with Gasteiger partial charge in [0.15, 0.2) is 5.16 Å². The summed E-state index contributed by atoms with van der Waals surface area (Å²) in [6.07, 6.45) is 2.36. The van der Waals surface area contributed by atoms with Crippen LogP contribution < -0.4 is 10.9 Å². The van der Waals surface area contributed by atoms with Gasteiger partial charge < -0.3 is 10.3 Å². The maximum Gasteiger partial charge on any atom is 0.254 e. The van der Waals surface area contributed by atoms with Crippen LogP contribution in [0.5, 0.6) is 0 Å². The summed E-state index contributed by atoms with van der Waals surface area (Å²) in [7, 11) is 0. The number of nitrogens with zero attached hydrogens (tertiary/aromatic N) is 1. The molecule has 1 heterocycles. The molecule has 0 fully saturated rings. The Morgan fingerprint density at radius 1 is 1.33 bits per heavy atom. The summed E-state index contributed by atoms with van der Waals surface area (Å²) in [5.74, 6) is -0.184. The molecule has 0 atom stereocenters. The number of nitrogens with one attached hydrogen (secondary N) is 2. The second-order valence-electron chi connectivity index (χ2n) is 5.63. The molecular formula is C17H20ClN3O2S. The molecule has 0 radical (unpaired) electrons. The SMILES string of the molecule is CSc1nc(C)c(CCC(=O)Nc2c(C)cc(C)cc2Cl)c(=O)[nH]1. The van der Waals surface area contributed by atoms with Crippen LogP contribution in [0.15, 0.2) is 22.1 Å². The van der Waals surface area contributed by atoms with Gasteiger partial charge in [-0.05, 0) is 50.6 Å². The van der Waals surface area contributed by atoms with Crippen molar-refractivity contribution in [1.82, 2.24) is 9.97 Å². The van der Waals surface area contributed by atoms with Crippen molar-refractivity contribution >= 4 is 35.0 Å². The summed E-state index contributed by atoms with van der Waals surface area (Å²) in [4.78, 5) is 31.3. The summed E-state index contributed by atoms with van der Waals surface area (Å²) < 4.78 is 0. The molecule has 1 amide bonds. The van der Waals surface area contributed by atoms with Crippen LogP contribution in [0.3, 0.4) is 0 Å². The van der Waals surface area contributed by atoms with Gasteiger partial charge in [-0.3, -0.25) is 9.59 Å². The molecule has 0 spiro atoms. The van der Waals surface area contributed by atoms with Gasteiger partial charge in [-0.2, -0.15) is 0 Å². The van der Waals surface area contributed by atoms with Crippen molar-refractivity contribution in [2.75, 3.05) is 11.6 Å². The lowest BCUT2D eigenvalue weighted by Gasteiger charge is -2.12. The summed E-state index contributed by atoms with van der Waals surface area (Å²) in [6.45, 7) is 5.63. The third-order valence-corrected chi connectivity index (χ3v) is 4.57. The summed E-state index contributed by atoms with van der Waals surface area (Å²) in [6, 6.07) is 3.77. The number of aromatic amines is 1. The predicted molar refractivity (Wildman–Crippen MR) is 99.3 cm³/mol. The number of halogens is 1. The lowest BCUT2D eigenvalue weighted by Crippen LogP contribution is -2.20. The van der Waals surface area contributed by atoms with Gasteiger partial charge in [-0.15, -0.1) is 0 Å². The fourth-order valence-corrected chi connectivity index (χ4v) is 3.28. The maximum absolute atomic E-state index is 12.2. The second-order valence-corrected chi connectivity index (χ2v) is 6.83. The van der Waals surface area contributed by atoms with Crippen LogP contribution in [0.25, 0.3) is 0 Å². The van der Waals surface area contributed by atoms with Crippen molar-refractivity contribution in [1.29, 1.82) is 0 Å². The van der Waals surface area contributed by atoms with E-state index in [-0.39, 0.29) is 17.9 Å². The normalized spacial score (nSPS) is 10.7. The molecule has 2 aromatic rings. The van der Waals surface area contributed by atoms with Gasteiger partial charge in [-0.25, -0.2) is 4.98 Å². The van der Waals surface area contributed by atoms with Crippen molar-refractivity contribution in [3.05, 3.63) is 49.9 Å². The Balaban J connectivity index is 2.09. The van der Waals surface area contributed by atoms with E-state index in [1.807, 2.05) is 32.2 Å². The number of H-pyrrole nitrogens is 1. The highest BCUT2D eigenvalue weighted by molar-refractivity contribution is 7.98. The molecule has 2 N–H and O–H groups in total. The van der Waals surface area contributed by atoms with Crippen molar-refractivity contribution < 1.29 is 4.79 Å². The Hall–Kier alpha value is -1.79. The fraction of sp³-hybridized carbons (Fsp3) is 0.353. The van der Waals surface area contributed by atoms with Crippen molar-refractivity contribution in [2.24, 2.45) is 0 Å². The van der Waals surface area contributed by atoms with Crippen LogP contribution >= 0.6 is 23.4 Å². The molecule has 0 unspecified atom stereocenters. The van der Waals surface area contributed by atoms with E-state index in [2.05, 4.69) is 15.3 Å². The number of thioether (sulfide) groups is 1. The van der Waals surface area contributed by atoms with E-state index >= 15 is 0 Å². The van der Waals surface area contributed by atoms with Crippen LogP contribution in [-0.2, 0) is 11.2 Å². The van der Waals surface area contributed by atoms with Gasteiger partial charge in [0.25, 0.3) is 5.56 Å². The third-order valence-electron chi connectivity index (χ3n) is 3.69. The van der Waals surface area contributed by atoms with E-state index in [0.29, 0.717) is 33.5 Å². The summed E-state index contributed by atoms with van der Waals surface area (Å²) in [5.41, 5.74) is 3.57. The first-order valence-electron chi connectivity index (χ1n) is 7.52. The zero-order chi connectivity index (χ0) is 17.9. The standard InChI is InChI=1S/C17H20ClN3O2S/c1-9-7-10(2)15(13(18)8-9)20-14(22)6-5-12-11(3)19-17(24-4)21-16(12)23/h7-8H,5-6H2,1-4H3,(H,20,22)(H,19,21,23). The van der Waals surface area contributed by atoms with Gasteiger partial charge in [0.05, 0.1) is 10.7 Å². The average molecular weight is 366 g/mol. The van der Waals surface area contributed by atoms with E-state index in [9.17, 15) is 9.59 Å². The zero-order valence-electron chi connectivity index (χ0n) is 14.1. The largest absolute Gasteiger partial charge is 0.325 e. The van der Waals surface area contributed by atoms with Gasteiger partial charge in [0.2, 0.25) is 5.91 Å². The van der Waals surface area contributed by atoms with E-state index in [4.69, 9.17) is 11.6 Å². The van der Waals surface area contributed by atoms with Crippen LogP contribution in [0, 0.1) is 20.8 Å². The average Bonchev–Trinajstić information content (AvgIpc) is 2.49. The second kappa shape index (κ2) is 7.85. The fourth-order valence-electron chi connectivity index (χ4n) is 2.49. The molecule has 0 saturated heterocycles. The van der Waals surface area contributed by atoms with Gasteiger partial charge in [0, 0.05) is 17.7 Å². The van der Waals surface area contributed by atoms with E-state index in [1.54, 1.807) is 6.92 Å². The molecule has 1 aromatic carbocycles. The molecule has 1 aromatic heterocycles. The summed E-state index contributed by atoms with van der Waals surface area (Å²) >= 11 is 7.57. The molecule has 0 aliphatic rings. The molecule has 7 heteroatoms. The molecule has 0 aliphatic heterocycles. The number of carbonyl (C=O) groups excluding carboxylic acids is 1. The Morgan fingerprint density at radius 3 is 2.62 bits per heavy atom. The number of rotatable bonds is 5.